The summed E-state index contributed by atoms with van der Waals surface area (Å²) >= 11 is 0. The molecule has 5 rings (SSSR count). The number of amides is 1. The van der Waals surface area contributed by atoms with Gasteiger partial charge in [-0.15, -0.1) is 0 Å². The first-order chi connectivity index (χ1) is 20.3. The van der Waals surface area contributed by atoms with E-state index in [-0.39, 0.29) is 60.1 Å². The van der Waals surface area contributed by atoms with Crippen LogP contribution in [-0.4, -0.2) is 60.3 Å². The highest BCUT2D eigenvalue weighted by molar-refractivity contribution is 6.61. The largest absolute Gasteiger partial charge is 0.494 e. The van der Waals surface area contributed by atoms with Crippen molar-refractivity contribution in [1.82, 2.24) is 5.32 Å². The Bertz CT molecular complexity index is 1280. The minimum absolute atomic E-state index is 0.00324. The average Bonchev–Trinajstić information content (AvgIpc) is 3.53. The zero-order chi connectivity index (χ0) is 31.3. The third kappa shape index (κ3) is 5.29. The summed E-state index contributed by atoms with van der Waals surface area (Å²) in [4.78, 5) is 39.6. The molecule has 0 aromatic heterocycles. The molecule has 236 valence electrons. The maximum atomic E-state index is 15.1. The van der Waals surface area contributed by atoms with Crippen molar-refractivity contribution in [3.8, 4) is 5.75 Å². The maximum absolute atomic E-state index is 15.1. The van der Waals surface area contributed by atoms with Crippen LogP contribution in [0.5, 0.6) is 5.75 Å². The van der Waals surface area contributed by atoms with Gasteiger partial charge in [-0.05, 0) is 73.3 Å². The van der Waals surface area contributed by atoms with Crippen LogP contribution in [0.15, 0.2) is 12.1 Å². The fraction of sp³-hybridized carbons (Fsp3) is 0.719. The Morgan fingerprint density at radius 3 is 2.70 bits per heavy atom. The van der Waals surface area contributed by atoms with Gasteiger partial charge in [0.1, 0.15) is 11.9 Å². The fourth-order valence-corrected chi connectivity index (χ4v) is 8.99. The summed E-state index contributed by atoms with van der Waals surface area (Å²) in [6, 6.07) is 2.98. The standard InChI is InChI=1S/C32H45BFNO8/c1-6-35-24(37)11-12-30(4)15-23(43-25(38)17-41-22-8-7-20-16-42-33(40)26(20)27(22)34)31(5)18(2)9-13-32(19(3)29(30)39)14-10-21(36)28(31)32/h7-8,18-19,23,28-29,39-40H,6,9-17H2,1-5H3,(H,35,37)/t18-,19-,23+,28-,29-,30+,31-,32-/m0/s1. The van der Waals surface area contributed by atoms with E-state index in [9.17, 15) is 24.5 Å². The molecule has 8 atom stereocenters. The molecule has 1 heterocycles. The van der Waals surface area contributed by atoms with Crippen molar-refractivity contribution in [2.45, 2.75) is 98.4 Å². The molecule has 1 amide bonds. The molecule has 9 nitrogen and oxygen atoms in total. The molecule has 3 fully saturated rings. The molecule has 43 heavy (non-hydrogen) atoms. The molecule has 0 radical (unpaired) electrons. The minimum atomic E-state index is -1.40. The number of halogens is 1. The lowest BCUT2D eigenvalue weighted by Gasteiger charge is -2.62. The van der Waals surface area contributed by atoms with Crippen LogP contribution in [0, 0.1) is 39.8 Å². The molecule has 4 aliphatic rings. The number of benzene rings is 1. The van der Waals surface area contributed by atoms with Gasteiger partial charge in [-0.2, -0.15) is 0 Å². The molecule has 1 aromatic carbocycles. The van der Waals surface area contributed by atoms with Crippen LogP contribution in [0.25, 0.3) is 0 Å². The number of fused-ring (bicyclic) bond motifs is 1. The van der Waals surface area contributed by atoms with Crippen LogP contribution in [0.4, 0.5) is 4.39 Å². The van der Waals surface area contributed by atoms with Crippen LogP contribution >= 0.6 is 0 Å². The normalized spacial score (nSPS) is 36.8. The monoisotopic (exact) mass is 601 g/mol. The molecular formula is C32H45BFNO8. The zero-order valence-electron chi connectivity index (χ0n) is 25.9. The van der Waals surface area contributed by atoms with Crippen LogP contribution in [-0.2, 0) is 30.4 Å². The Kier molecular flexibility index (Phi) is 8.75. The molecule has 0 spiro atoms. The molecule has 3 aliphatic carbocycles. The highest BCUT2D eigenvalue weighted by atomic mass is 19.1. The third-order valence-corrected chi connectivity index (χ3v) is 11.7. The Morgan fingerprint density at radius 1 is 1.23 bits per heavy atom. The van der Waals surface area contributed by atoms with Crippen LogP contribution < -0.4 is 15.5 Å². The Labute approximate surface area is 253 Å². The number of carbonyl (C=O) groups is 3. The molecule has 0 saturated heterocycles. The van der Waals surface area contributed by atoms with Crippen molar-refractivity contribution in [2.24, 2.45) is 34.0 Å². The number of hydrogen-bond acceptors (Lipinski definition) is 8. The molecule has 11 heteroatoms. The number of carbonyl (C=O) groups excluding carboxylic acids is 3. The minimum Gasteiger partial charge on any atom is -0.479 e. The zero-order valence-corrected chi connectivity index (χ0v) is 25.9. The molecule has 2 bridgehead atoms. The van der Waals surface area contributed by atoms with Gasteiger partial charge < -0.3 is 29.6 Å². The summed E-state index contributed by atoms with van der Waals surface area (Å²) in [5.41, 5.74) is -1.40. The van der Waals surface area contributed by atoms with Crippen LogP contribution in [0.1, 0.15) is 85.1 Å². The number of nitrogens with one attached hydrogen (secondary N) is 1. The highest BCUT2D eigenvalue weighted by Gasteiger charge is 2.68. The first kappa shape index (κ1) is 31.9. The van der Waals surface area contributed by atoms with E-state index in [0.717, 1.165) is 12.8 Å². The van der Waals surface area contributed by atoms with E-state index >= 15 is 4.39 Å². The summed E-state index contributed by atoms with van der Waals surface area (Å²) in [6.07, 6.45) is 2.06. The average molecular weight is 602 g/mol. The van der Waals surface area contributed by atoms with Gasteiger partial charge in [0.25, 0.3) is 0 Å². The van der Waals surface area contributed by atoms with Crippen molar-refractivity contribution >= 4 is 30.2 Å². The maximum Gasteiger partial charge on any atom is 0.494 e. The first-order valence-corrected chi connectivity index (χ1v) is 15.7. The van der Waals surface area contributed by atoms with Gasteiger partial charge in [0.05, 0.1) is 12.7 Å². The van der Waals surface area contributed by atoms with E-state index in [4.69, 9.17) is 14.1 Å². The lowest BCUT2D eigenvalue weighted by atomic mass is 9.43. The van der Waals surface area contributed by atoms with E-state index in [1.165, 1.54) is 6.07 Å². The number of ether oxygens (including phenoxy) is 2. The first-order valence-electron chi connectivity index (χ1n) is 15.7. The number of hydrogen-bond donors (Lipinski definition) is 3. The SMILES string of the molecule is CCNC(=O)CC[C@]1(C)C[C@@H](OC(=O)COc2ccc3c(c2F)B(O)OC3)[C@@]2(C)[C@@H]3C(=O)CC[C@@]3(CC[C@@H]2C)[C@@H](C)[C@@H]1O. The molecule has 1 aromatic rings. The van der Waals surface area contributed by atoms with Crippen molar-refractivity contribution < 1.29 is 43.0 Å². The van der Waals surface area contributed by atoms with Gasteiger partial charge in [-0.1, -0.05) is 33.8 Å². The number of aliphatic hydroxyl groups excluding tert-OH is 1. The van der Waals surface area contributed by atoms with Gasteiger partial charge in [-0.25, -0.2) is 9.18 Å². The summed E-state index contributed by atoms with van der Waals surface area (Å²) in [6.45, 7) is 10.0. The van der Waals surface area contributed by atoms with E-state index in [0.29, 0.717) is 31.4 Å². The fourth-order valence-electron chi connectivity index (χ4n) is 8.99. The predicted molar refractivity (Wildman–Crippen MR) is 157 cm³/mol. The Morgan fingerprint density at radius 2 is 1.98 bits per heavy atom. The van der Waals surface area contributed by atoms with Gasteiger partial charge in [-0.3, -0.25) is 9.59 Å². The summed E-state index contributed by atoms with van der Waals surface area (Å²) in [7, 11) is -1.40. The Balaban J connectivity index is 1.45. The van der Waals surface area contributed by atoms with Crippen LogP contribution in [0.2, 0.25) is 0 Å². The second-order valence-electron chi connectivity index (χ2n) is 13.9. The van der Waals surface area contributed by atoms with E-state index in [1.807, 2.05) is 20.8 Å². The lowest BCUT2D eigenvalue weighted by Crippen LogP contribution is -2.63. The van der Waals surface area contributed by atoms with Gasteiger partial charge in [0, 0.05) is 36.2 Å². The van der Waals surface area contributed by atoms with Gasteiger partial charge in [0.15, 0.2) is 18.2 Å². The summed E-state index contributed by atoms with van der Waals surface area (Å²) in [5, 5.41) is 24.8. The number of aliphatic hydroxyl groups is 1. The quantitative estimate of drug-likeness (QED) is 0.306. The number of Topliss-reactive ketones (excluding diaryl/α,β-unsaturated/α-hetero) is 1. The summed E-state index contributed by atoms with van der Waals surface area (Å²) < 4.78 is 31.9. The van der Waals surface area contributed by atoms with Crippen molar-refractivity contribution in [1.29, 1.82) is 0 Å². The van der Waals surface area contributed by atoms with Crippen molar-refractivity contribution in [2.75, 3.05) is 13.2 Å². The number of esters is 1. The lowest BCUT2D eigenvalue weighted by molar-refractivity contribution is -0.213. The number of ketones is 1. The third-order valence-electron chi connectivity index (χ3n) is 11.7. The van der Waals surface area contributed by atoms with Gasteiger partial charge >= 0.3 is 13.1 Å². The second-order valence-corrected chi connectivity index (χ2v) is 13.9. The highest BCUT2D eigenvalue weighted by Crippen LogP contribution is 2.68. The molecular weight excluding hydrogens is 556 g/mol. The molecule has 0 unspecified atom stereocenters. The van der Waals surface area contributed by atoms with E-state index < -0.39 is 54.0 Å². The van der Waals surface area contributed by atoms with E-state index in [2.05, 4.69) is 19.2 Å². The Hall–Kier alpha value is -2.50. The molecule has 3 N–H and O–H groups in total. The molecule has 3 saturated carbocycles. The smallest absolute Gasteiger partial charge is 0.479 e. The second kappa shape index (κ2) is 11.8. The predicted octanol–water partition coefficient (Wildman–Crippen LogP) is 3.06. The van der Waals surface area contributed by atoms with Crippen molar-refractivity contribution in [3.63, 3.8) is 0 Å². The summed E-state index contributed by atoms with van der Waals surface area (Å²) in [5.74, 6) is -2.17. The van der Waals surface area contributed by atoms with Crippen molar-refractivity contribution in [3.05, 3.63) is 23.5 Å². The van der Waals surface area contributed by atoms with E-state index in [1.54, 1.807) is 6.07 Å². The number of rotatable bonds is 8. The topological polar surface area (TPSA) is 131 Å². The van der Waals surface area contributed by atoms with Gasteiger partial charge in [0.2, 0.25) is 5.91 Å². The molecule has 1 aliphatic heterocycles. The van der Waals surface area contributed by atoms with Crippen LogP contribution in [0.3, 0.4) is 0 Å².